The summed E-state index contributed by atoms with van der Waals surface area (Å²) in [6, 6.07) is 18.6. The Bertz CT molecular complexity index is 1180. The summed E-state index contributed by atoms with van der Waals surface area (Å²) in [6.07, 6.45) is 3.53. The molecule has 1 saturated heterocycles. The highest BCUT2D eigenvalue weighted by Gasteiger charge is 2.32. The zero-order chi connectivity index (χ0) is 19.8. The van der Waals surface area contributed by atoms with Crippen molar-refractivity contribution in [3.63, 3.8) is 0 Å². The first-order valence-corrected chi connectivity index (χ1v) is 9.79. The molecule has 0 atom stereocenters. The van der Waals surface area contributed by atoms with E-state index in [1.165, 1.54) is 10.9 Å². The van der Waals surface area contributed by atoms with Crippen molar-refractivity contribution in [3.05, 3.63) is 78.2 Å². The number of fused-ring (bicyclic) bond motifs is 1. The largest absolute Gasteiger partial charge is 0.497 e. The Hall–Kier alpha value is -3.47. The van der Waals surface area contributed by atoms with Crippen LogP contribution >= 0.6 is 0 Å². The maximum absolute atomic E-state index is 5.37. The number of nitrogens with zero attached hydrogens (tertiary/aromatic N) is 4. The van der Waals surface area contributed by atoms with E-state index in [1.807, 2.05) is 18.2 Å². The smallest absolute Gasteiger partial charge is 0.129 e. The summed E-state index contributed by atoms with van der Waals surface area (Å²) in [5, 5.41) is 1.18. The van der Waals surface area contributed by atoms with Gasteiger partial charge in [0.1, 0.15) is 11.6 Å². The van der Waals surface area contributed by atoms with Crippen LogP contribution in [0.1, 0.15) is 17.2 Å². The number of benzene rings is 2. The van der Waals surface area contributed by atoms with Gasteiger partial charge in [0.15, 0.2) is 0 Å². The van der Waals surface area contributed by atoms with Gasteiger partial charge in [-0.3, -0.25) is 9.97 Å². The Morgan fingerprint density at radius 2 is 1.83 bits per heavy atom. The van der Waals surface area contributed by atoms with Crippen molar-refractivity contribution < 1.29 is 4.74 Å². The molecule has 0 saturated carbocycles. The van der Waals surface area contributed by atoms with Crippen LogP contribution in [0.3, 0.4) is 0 Å². The molecular weight excluding hydrogens is 360 g/mol. The number of ether oxygens (including phenoxy) is 1. The summed E-state index contributed by atoms with van der Waals surface area (Å²) in [4.78, 5) is 16.4. The minimum absolute atomic E-state index is 0.334. The Morgan fingerprint density at radius 3 is 2.69 bits per heavy atom. The summed E-state index contributed by atoms with van der Waals surface area (Å²) < 4.78 is 5.37. The van der Waals surface area contributed by atoms with E-state index in [4.69, 9.17) is 9.72 Å². The molecule has 1 aliphatic rings. The number of rotatable bonds is 4. The summed E-state index contributed by atoms with van der Waals surface area (Å²) in [7, 11) is 1.68. The number of hydrogen-bond acceptors (Lipinski definition) is 5. The first-order chi connectivity index (χ1) is 14.2. The van der Waals surface area contributed by atoms with Crippen molar-refractivity contribution in [1.29, 1.82) is 0 Å². The van der Waals surface area contributed by atoms with E-state index < -0.39 is 0 Å². The molecule has 0 N–H and O–H groups in total. The molecule has 0 amide bonds. The van der Waals surface area contributed by atoms with Crippen LogP contribution in [0.2, 0.25) is 0 Å². The van der Waals surface area contributed by atoms with Gasteiger partial charge in [-0.25, -0.2) is 4.98 Å². The van der Waals surface area contributed by atoms with Crippen LogP contribution in [0, 0.1) is 6.92 Å². The maximum Gasteiger partial charge on any atom is 0.129 e. The number of pyridine rings is 1. The molecular formula is C24H22N4O. The van der Waals surface area contributed by atoms with E-state index >= 15 is 0 Å². The minimum atomic E-state index is 0.334. The Labute approximate surface area is 170 Å². The van der Waals surface area contributed by atoms with Crippen LogP contribution in [0.25, 0.3) is 22.2 Å². The van der Waals surface area contributed by atoms with Gasteiger partial charge in [-0.1, -0.05) is 23.8 Å². The molecule has 5 heteroatoms. The van der Waals surface area contributed by atoms with Crippen LogP contribution in [-0.2, 0) is 0 Å². The Morgan fingerprint density at radius 1 is 0.966 bits per heavy atom. The lowest BCUT2D eigenvalue weighted by Crippen LogP contribution is -2.46. The first-order valence-electron chi connectivity index (χ1n) is 9.79. The molecule has 1 fully saturated rings. The molecule has 0 aliphatic carbocycles. The van der Waals surface area contributed by atoms with Gasteiger partial charge in [-0.2, -0.15) is 0 Å². The topological polar surface area (TPSA) is 51.1 Å². The summed E-state index contributed by atoms with van der Waals surface area (Å²) in [5.74, 6) is 2.18. The molecule has 4 aromatic rings. The lowest BCUT2D eigenvalue weighted by Gasteiger charge is -2.40. The highest BCUT2D eigenvalue weighted by Crippen LogP contribution is 2.35. The zero-order valence-corrected chi connectivity index (χ0v) is 16.5. The third kappa shape index (κ3) is 3.29. The van der Waals surface area contributed by atoms with Gasteiger partial charge >= 0.3 is 0 Å². The molecule has 2 aromatic heterocycles. The van der Waals surface area contributed by atoms with E-state index in [-0.39, 0.29) is 0 Å². The van der Waals surface area contributed by atoms with E-state index in [0.29, 0.717) is 5.92 Å². The second-order valence-electron chi connectivity index (χ2n) is 7.49. The van der Waals surface area contributed by atoms with Gasteiger partial charge in [0.2, 0.25) is 0 Å². The van der Waals surface area contributed by atoms with Crippen LogP contribution in [0.5, 0.6) is 5.75 Å². The van der Waals surface area contributed by atoms with Gasteiger partial charge in [0.05, 0.1) is 24.0 Å². The van der Waals surface area contributed by atoms with Crippen molar-refractivity contribution in [1.82, 2.24) is 15.0 Å². The lowest BCUT2D eigenvalue weighted by atomic mass is 9.92. The fraction of sp³-hybridized carbons (Fsp3) is 0.208. The normalized spacial score (nSPS) is 14.1. The quantitative estimate of drug-likeness (QED) is 0.516. The molecule has 0 spiro atoms. The zero-order valence-electron chi connectivity index (χ0n) is 16.5. The number of methoxy groups -OCH3 is 1. The monoisotopic (exact) mass is 382 g/mol. The van der Waals surface area contributed by atoms with E-state index in [9.17, 15) is 0 Å². The maximum atomic E-state index is 5.37. The van der Waals surface area contributed by atoms with Gasteiger partial charge in [-0.15, -0.1) is 0 Å². The molecule has 0 radical (unpaired) electrons. The van der Waals surface area contributed by atoms with Gasteiger partial charge in [0, 0.05) is 42.4 Å². The Kier molecular flexibility index (Phi) is 4.35. The van der Waals surface area contributed by atoms with Crippen LogP contribution < -0.4 is 9.64 Å². The lowest BCUT2D eigenvalue weighted by molar-refractivity contribution is 0.415. The average molecular weight is 382 g/mol. The molecule has 1 aliphatic heterocycles. The number of hydrogen-bond donors (Lipinski definition) is 0. The highest BCUT2D eigenvalue weighted by atomic mass is 16.5. The van der Waals surface area contributed by atoms with Gasteiger partial charge < -0.3 is 9.64 Å². The average Bonchev–Trinajstić information content (AvgIpc) is 2.73. The number of aryl methyl sites for hydroxylation is 1. The van der Waals surface area contributed by atoms with Crippen LogP contribution in [-0.4, -0.2) is 35.2 Å². The first kappa shape index (κ1) is 17.6. The van der Waals surface area contributed by atoms with Crippen LogP contribution in [0.4, 0.5) is 5.82 Å². The second kappa shape index (κ2) is 7.17. The fourth-order valence-corrected chi connectivity index (χ4v) is 3.89. The van der Waals surface area contributed by atoms with Crippen molar-refractivity contribution in [2.75, 3.05) is 25.1 Å². The van der Waals surface area contributed by atoms with E-state index in [0.717, 1.165) is 47.1 Å². The summed E-state index contributed by atoms with van der Waals surface area (Å²) in [5.41, 5.74) is 5.29. The van der Waals surface area contributed by atoms with Gasteiger partial charge in [-0.05, 0) is 43.3 Å². The van der Waals surface area contributed by atoms with Crippen molar-refractivity contribution in [2.45, 2.75) is 12.8 Å². The van der Waals surface area contributed by atoms with E-state index in [2.05, 4.69) is 58.2 Å². The van der Waals surface area contributed by atoms with Gasteiger partial charge in [0.25, 0.3) is 0 Å². The Balaban J connectivity index is 1.39. The third-order valence-corrected chi connectivity index (χ3v) is 5.49. The molecule has 144 valence electrons. The van der Waals surface area contributed by atoms with Crippen molar-refractivity contribution in [3.8, 4) is 17.0 Å². The minimum Gasteiger partial charge on any atom is -0.497 e. The fourth-order valence-electron chi connectivity index (χ4n) is 3.89. The molecule has 29 heavy (non-hydrogen) atoms. The highest BCUT2D eigenvalue weighted by molar-refractivity contribution is 5.81. The van der Waals surface area contributed by atoms with Crippen molar-refractivity contribution >= 4 is 16.7 Å². The van der Waals surface area contributed by atoms with Crippen LogP contribution in [0.15, 0.2) is 67.0 Å². The number of anilines is 1. The molecule has 5 nitrogen and oxygen atoms in total. The predicted molar refractivity (Wildman–Crippen MR) is 115 cm³/mol. The molecule has 5 rings (SSSR count). The third-order valence-electron chi connectivity index (χ3n) is 5.49. The second-order valence-corrected chi connectivity index (χ2v) is 7.49. The summed E-state index contributed by atoms with van der Waals surface area (Å²) >= 11 is 0. The standard InChI is InChI=1S/C24H22N4O/c1-16-6-8-21-17(12-16)7-9-22(27-21)28-14-19(15-28)24-23(25-10-11-26-24)18-4-3-5-20(13-18)29-2/h3-13,19H,14-15H2,1-2H3. The number of aromatic nitrogens is 3. The van der Waals surface area contributed by atoms with Crippen molar-refractivity contribution in [2.24, 2.45) is 0 Å². The SMILES string of the molecule is COc1cccc(-c2nccnc2C2CN(c3ccc4cc(C)ccc4n3)C2)c1. The summed E-state index contributed by atoms with van der Waals surface area (Å²) in [6.45, 7) is 3.88. The van der Waals surface area contributed by atoms with E-state index in [1.54, 1.807) is 19.5 Å². The molecule has 0 bridgehead atoms. The molecule has 0 unspecified atom stereocenters. The molecule has 2 aromatic carbocycles. The molecule has 3 heterocycles. The predicted octanol–water partition coefficient (Wildman–Crippen LogP) is 4.61.